The van der Waals surface area contributed by atoms with E-state index in [0.29, 0.717) is 22.6 Å². The molecule has 0 saturated carbocycles. The first-order valence-corrected chi connectivity index (χ1v) is 11.6. The highest BCUT2D eigenvalue weighted by Crippen LogP contribution is 2.41. The average Bonchev–Trinajstić information content (AvgIpc) is 3.13. The summed E-state index contributed by atoms with van der Waals surface area (Å²) in [5.41, 5.74) is 0.899. The summed E-state index contributed by atoms with van der Waals surface area (Å²) < 4.78 is 11.1. The van der Waals surface area contributed by atoms with Crippen LogP contribution in [0.1, 0.15) is 36.6 Å². The number of ether oxygens (including phenoxy) is 2. The Kier molecular flexibility index (Phi) is 7.24. The van der Waals surface area contributed by atoms with Crippen LogP contribution in [0.25, 0.3) is 5.76 Å². The SMILES string of the molecule is COc1ccccc1CN1C(=O)C(=O)/C(=C(\O)c2cccc([N+](=O)[O-])c2)C1c1ccc(OC(C)C)cc1. The summed E-state index contributed by atoms with van der Waals surface area (Å²) >= 11 is 0. The first kappa shape index (κ1) is 25.4. The molecule has 1 unspecified atom stereocenters. The molecule has 1 saturated heterocycles. The standard InChI is InChI=1S/C28H26N2O7/c1-17(2)37-22-13-11-18(12-14-22)25-24(26(31)19-8-6-9-21(15-19)30(34)35)27(32)28(33)29(25)16-20-7-4-5-10-23(20)36-3/h4-15,17,25,31H,16H2,1-3H3/b26-24-. The Balaban J connectivity index is 1.86. The number of aliphatic hydroxyl groups is 1. The monoisotopic (exact) mass is 502 g/mol. The smallest absolute Gasteiger partial charge is 0.295 e. The van der Waals surface area contributed by atoms with Gasteiger partial charge < -0.3 is 19.5 Å². The minimum absolute atomic E-state index is 0.0369. The van der Waals surface area contributed by atoms with Crippen LogP contribution in [0.15, 0.2) is 78.4 Å². The Bertz CT molecular complexity index is 1380. The van der Waals surface area contributed by atoms with Gasteiger partial charge in [-0.1, -0.05) is 42.5 Å². The topological polar surface area (TPSA) is 119 Å². The van der Waals surface area contributed by atoms with Gasteiger partial charge in [0, 0.05) is 23.3 Å². The number of para-hydroxylation sites is 1. The molecule has 0 aliphatic carbocycles. The minimum Gasteiger partial charge on any atom is -0.507 e. The van der Waals surface area contributed by atoms with Crippen molar-refractivity contribution >= 4 is 23.1 Å². The Morgan fingerprint density at radius 3 is 2.41 bits per heavy atom. The molecule has 4 rings (SSSR count). The second kappa shape index (κ2) is 10.5. The maximum Gasteiger partial charge on any atom is 0.295 e. The minimum atomic E-state index is -0.947. The van der Waals surface area contributed by atoms with Gasteiger partial charge in [0.2, 0.25) is 0 Å². The summed E-state index contributed by atoms with van der Waals surface area (Å²) in [5.74, 6) is -1.02. The molecule has 1 N–H and O–H groups in total. The van der Waals surface area contributed by atoms with Gasteiger partial charge in [-0.15, -0.1) is 0 Å². The van der Waals surface area contributed by atoms with Gasteiger partial charge in [-0.05, 0) is 37.6 Å². The van der Waals surface area contributed by atoms with Crippen molar-refractivity contribution in [2.24, 2.45) is 0 Å². The summed E-state index contributed by atoms with van der Waals surface area (Å²) in [6, 6.07) is 18.4. The first-order chi connectivity index (χ1) is 17.7. The van der Waals surface area contributed by atoms with E-state index in [-0.39, 0.29) is 29.5 Å². The summed E-state index contributed by atoms with van der Waals surface area (Å²) in [4.78, 5) is 38.6. The molecule has 1 aliphatic heterocycles. The van der Waals surface area contributed by atoms with Crippen LogP contribution >= 0.6 is 0 Å². The molecule has 0 radical (unpaired) electrons. The number of Topliss-reactive ketones (excluding diaryl/α,β-unsaturated/α-hetero) is 1. The van der Waals surface area contributed by atoms with E-state index in [9.17, 15) is 24.8 Å². The van der Waals surface area contributed by atoms with Crippen molar-refractivity contribution in [3.63, 3.8) is 0 Å². The number of nitrogens with zero attached hydrogens (tertiary/aromatic N) is 2. The van der Waals surface area contributed by atoms with Crippen molar-refractivity contribution in [1.82, 2.24) is 4.90 Å². The molecule has 1 aliphatic rings. The Hall–Kier alpha value is -4.66. The molecular weight excluding hydrogens is 476 g/mol. The Morgan fingerprint density at radius 2 is 1.76 bits per heavy atom. The summed E-state index contributed by atoms with van der Waals surface area (Å²) in [5, 5.41) is 22.5. The highest BCUT2D eigenvalue weighted by molar-refractivity contribution is 6.46. The van der Waals surface area contributed by atoms with Crippen LogP contribution < -0.4 is 9.47 Å². The fraction of sp³-hybridized carbons (Fsp3) is 0.214. The zero-order valence-corrected chi connectivity index (χ0v) is 20.6. The van der Waals surface area contributed by atoms with E-state index in [0.717, 1.165) is 0 Å². The van der Waals surface area contributed by atoms with Crippen molar-refractivity contribution in [1.29, 1.82) is 0 Å². The Morgan fingerprint density at radius 1 is 1.05 bits per heavy atom. The number of benzene rings is 3. The van der Waals surface area contributed by atoms with Gasteiger partial charge in [-0.3, -0.25) is 19.7 Å². The van der Waals surface area contributed by atoms with E-state index in [2.05, 4.69) is 0 Å². The number of non-ortho nitro benzene ring substituents is 1. The summed E-state index contributed by atoms with van der Waals surface area (Å²) in [7, 11) is 1.51. The molecule has 37 heavy (non-hydrogen) atoms. The van der Waals surface area contributed by atoms with E-state index in [4.69, 9.17) is 9.47 Å². The van der Waals surface area contributed by atoms with Crippen LogP contribution in [0.5, 0.6) is 11.5 Å². The zero-order chi connectivity index (χ0) is 26.7. The maximum atomic E-state index is 13.3. The molecule has 9 heteroatoms. The average molecular weight is 503 g/mol. The first-order valence-electron chi connectivity index (χ1n) is 11.6. The van der Waals surface area contributed by atoms with Crippen LogP contribution in [0, 0.1) is 10.1 Å². The third-order valence-electron chi connectivity index (χ3n) is 5.97. The van der Waals surface area contributed by atoms with Crippen LogP contribution in [0.2, 0.25) is 0 Å². The fourth-order valence-electron chi connectivity index (χ4n) is 4.33. The predicted octanol–water partition coefficient (Wildman–Crippen LogP) is 5.01. The molecule has 0 spiro atoms. The van der Waals surface area contributed by atoms with Gasteiger partial charge in [-0.25, -0.2) is 0 Å². The number of carbonyl (C=O) groups excluding carboxylic acids is 2. The number of nitro groups is 1. The number of amides is 1. The molecule has 1 heterocycles. The lowest BCUT2D eigenvalue weighted by atomic mass is 9.95. The molecule has 0 bridgehead atoms. The number of likely N-dealkylation sites (tertiary alicyclic amines) is 1. The molecule has 190 valence electrons. The molecular formula is C28H26N2O7. The van der Waals surface area contributed by atoms with Crippen LogP contribution in [-0.4, -0.2) is 39.8 Å². The molecule has 1 fully saturated rings. The quantitative estimate of drug-likeness (QED) is 0.151. The molecule has 3 aromatic carbocycles. The molecule has 1 atom stereocenters. The number of ketones is 1. The van der Waals surface area contributed by atoms with Gasteiger partial charge in [0.05, 0.1) is 36.3 Å². The normalized spacial score (nSPS) is 16.8. The van der Waals surface area contributed by atoms with Gasteiger partial charge >= 0.3 is 0 Å². The van der Waals surface area contributed by atoms with Crippen molar-refractivity contribution < 1.29 is 29.1 Å². The van der Waals surface area contributed by atoms with E-state index in [1.807, 2.05) is 13.8 Å². The molecule has 1 amide bonds. The Labute approximate surface area is 213 Å². The lowest BCUT2D eigenvalue weighted by Crippen LogP contribution is -2.29. The molecule has 3 aromatic rings. The third kappa shape index (κ3) is 5.16. The fourth-order valence-corrected chi connectivity index (χ4v) is 4.33. The third-order valence-corrected chi connectivity index (χ3v) is 5.97. The van der Waals surface area contributed by atoms with Crippen LogP contribution in [-0.2, 0) is 16.1 Å². The van der Waals surface area contributed by atoms with Crippen molar-refractivity contribution in [3.05, 3.63) is 105 Å². The number of nitro benzene ring substituents is 1. The second-order valence-electron chi connectivity index (χ2n) is 8.78. The predicted molar refractivity (Wildman–Crippen MR) is 136 cm³/mol. The van der Waals surface area contributed by atoms with E-state index in [1.165, 1.54) is 36.3 Å². The van der Waals surface area contributed by atoms with Gasteiger partial charge in [0.1, 0.15) is 17.3 Å². The van der Waals surface area contributed by atoms with Crippen LogP contribution in [0.4, 0.5) is 5.69 Å². The highest BCUT2D eigenvalue weighted by Gasteiger charge is 2.46. The van der Waals surface area contributed by atoms with Crippen LogP contribution in [0.3, 0.4) is 0 Å². The molecule has 0 aromatic heterocycles. The lowest BCUT2D eigenvalue weighted by Gasteiger charge is -2.26. The summed E-state index contributed by atoms with van der Waals surface area (Å²) in [6.45, 7) is 3.83. The maximum absolute atomic E-state index is 13.3. The number of hydrogen-bond acceptors (Lipinski definition) is 7. The number of rotatable bonds is 8. The number of methoxy groups -OCH3 is 1. The van der Waals surface area contributed by atoms with E-state index >= 15 is 0 Å². The van der Waals surface area contributed by atoms with Crippen molar-refractivity contribution in [3.8, 4) is 11.5 Å². The zero-order valence-electron chi connectivity index (χ0n) is 20.6. The second-order valence-corrected chi connectivity index (χ2v) is 8.78. The van der Waals surface area contributed by atoms with Gasteiger partial charge in [-0.2, -0.15) is 0 Å². The van der Waals surface area contributed by atoms with Crippen molar-refractivity contribution in [2.45, 2.75) is 32.5 Å². The van der Waals surface area contributed by atoms with E-state index < -0.39 is 28.4 Å². The summed E-state index contributed by atoms with van der Waals surface area (Å²) in [6.07, 6.45) is -0.0455. The molecule has 9 nitrogen and oxygen atoms in total. The number of hydrogen-bond donors (Lipinski definition) is 1. The lowest BCUT2D eigenvalue weighted by molar-refractivity contribution is -0.384. The number of carbonyl (C=O) groups is 2. The number of aliphatic hydroxyl groups excluding tert-OH is 1. The van der Waals surface area contributed by atoms with Gasteiger partial charge in [0.25, 0.3) is 17.4 Å². The van der Waals surface area contributed by atoms with Crippen molar-refractivity contribution in [2.75, 3.05) is 7.11 Å². The van der Waals surface area contributed by atoms with E-state index in [1.54, 1.807) is 48.5 Å². The largest absolute Gasteiger partial charge is 0.507 e. The van der Waals surface area contributed by atoms with Gasteiger partial charge in [0.15, 0.2) is 0 Å². The highest BCUT2D eigenvalue weighted by atomic mass is 16.6.